The summed E-state index contributed by atoms with van der Waals surface area (Å²) in [7, 11) is 0. The molecule has 0 saturated heterocycles. The van der Waals surface area contributed by atoms with Gasteiger partial charge in [0.25, 0.3) is 5.91 Å². The van der Waals surface area contributed by atoms with Crippen molar-refractivity contribution < 1.29 is 14.5 Å². The molecule has 2 aliphatic carbocycles. The Morgan fingerprint density at radius 1 is 1.21 bits per heavy atom. The van der Waals surface area contributed by atoms with Crippen molar-refractivity contribution in [3.8, 4) is 5.88 Å². The Labute approximate surface area is 170 Å². The molecular weight excluding hydrogens is 370 g/mol. The summed E-state index contributed by atoms with van der Waals surface area (Å²) in [5.41, 5.74) is -0.343. The van der Waals surface area contributed by atoms with Crippen LogP contribution in [0.1, 0.15) is 76.1 Å². The predicted octanol–water partition coefficient (Wildman–Crippen LogP) is 2.30. The minimum Gasteiger partial charge on any atom is -0.477 e. The number of aromatic hydroxyl groups is 1. The summed E-state index contributed by atoms with van der Waals surface area (Å²) in [6, 6.07) is 2.32. The summed E-state index contributed by atoms with van der Waals surface area (Å²) in [6.45, 7) is 6.63. The van der Waals surface area contributed by atoms with Gasteiger partial charge in [0.15, 0.2) is 0 Å². The Kier molecular flexibility index (Phi) is 5.04. The molecule has 0 atom stereocenters. The number of nitrogens with one attached hydrogen (secondary N) is 3. The molecule has 8 nitrogen and oxygen atoms in total. The maximum absolute atomic E-state index is 13.1. The van der Waals surface area contributed by atoms with E-state index in [4.69, 9.17) is 0 Å². The van der Waals surface area contributed by atoms with Crippen molar-refractivity contribution in [2.45, 2.75) is 84.3 Å². The summed E-state index contributed by atoms with van der Waals surface area (Å²) in [5, 5.41) is 20.3. The summed E-state index contributed by atoms with van der Waals surface area (Å²) in [4.78, 5) is 25.8. The number of carbonyl (C=O) groups is 1. The van der Waals surface area contributed by atoms with E-state index >= 15 is 0 Å². The first kappa shape index (κ1) is 19.8. The van der Waals surface area contributed by atoms with E-state index in [0.29, 0.717) is 18.2 Å². The zero-order valence-corrected chi connectivity index (χ0v) is 17.5. The zero-order valence-electron chi connectivity index (χ0n) is 17.5. The minimum atomic E-state index is -0.530. The van der Waals surface area contributed by atoms with Crippen LogP contribution in [-0.2, 0) is 6.54 Å². The van der Waals surface area contributed by atoms with E-state index in [1.807, 2.05) is 6.07 Å². The van der Waals surface area contributed by atoms with Crippen LogP contribution in [0.15, 0.2) is 10.9 Å². The number of rotatable bonds is 5. The Balaban J connectivity index is 1.79. The van der Waals surface area contributed by atoms with E-state index in [0.717, 1.165) is 31.5 Å². The molecule has 2 aromatic heterocycles. The largest absolute Gasteiger partial charge is 0.477 e. The number of nitrogens with zero attached hydrogens (tertiary/aromatic N) is 2. The van der Waals surface area contributed by atoms with Gasteiger partial charge in [-0.1, -0.05) is 44.5 Å². The van der Waals surface area contributed by atoms with Crippen LogP contribution in [-0.4, -0.2) is 32.7 Å². The molecule has 4 N–H and O–H groups in total. The van der Waals surface area contributed by atoms with Crippen LogP contribution in [0.3, 0.4) is 0 Å². The lowest BCUT2D eigenvalue weighted by atomic mass is 9.95. The molecule has 29 heavy (non-hydrogen) atoms. The molecule has 0 aliphatic heterocycles. The second kappa shape index (κ2) is 7.39. The van der Waals surface area contributed by atoms with Crippen LogP contribution >= 0.6 is 0 Å². The van der Waals surface area contributed by atoms with Gasteiger partial charge < -0.3 is 15.7 Å². The van der Waals surface area contributed by atoms with Gasteiger partial charge in [-0.15, -0.1) is 0 Å². The number of amides is 1. The fourth-order valence-electron chi connectivity index (χ4n) is 4.06. The van der Waals surface area contributed by atoms with Crippen molar-refractivity contribution in [1.29, 1.82) is 0 Å². The second-order valence-corrected chi connectivity index (χ2v) is 9.74. The van der Waals surface area contributed by atoms with Gasteiger partial charge in [0.2, 0.25) is 5.56 Å². The van der Waals surface area contributed by atoms with Gasteiger partial charge in [-0.25, -0.2) is 9.89 Å². The van der Waals surface area contributed by atoms with E-state index in [-0.39, 0.29) is 22.9 Å². The third-order valence-corrected chi connectivity index (χ3v) is 5.64. The van der Waals surface area contributed by atoms with Crippen molar-refractivity contribution in [1.82, 2.24) is 14.9 Å². The van der Waals surface area contributed by atoms with Crippen LogP contribution in [0.4, 0.5) is 5.82 Å². The summed E-state index contributed by atoms with van der Waals surface area (Å²) >= 11 is 0. The first-order valence-corrected chi connectivity index (χ1v) is 10.7. The van der Waals surface area contributed by atoms with Gasteiger partial charge >= 0.3 is 17.1 Å². The normalized spacial score (nSPS) is 18.2. The molecule has 0 aromatic carbocycles. The van der Waals surface area contributed by atoms with E-state index in [1.54, 1.807) is 4.57 Å². The van der Waals surface area contributed by atoms with E-state index < -0.39 is 11.5 Å². The molecule has 1 amide bonds. The molecule has 0 radical (unpaired) electrons. The molecule has 2 aromatic rings. The van der Waals surface area contributed by atoms with Gasteiger partial charge in [-0.05, 0) is 31.1 Å². The molecule has 158 valence electrons. The van der Waals surface area contributed by atoms with Crippen molar-refractivity contribution in [2.75, 3.05) is 5.32 Å². The Morgan fingerprint density at radius 3 is 2.52 bits per heavy atom. The average Bonchev–Trinajstić information content (AvgIpc) is 3.35. The van der Waals surface area contributed by atoms with E-state index in [9.17, 15) is 14.7 Å². The molecular formula is C21H32N5O3+. The molecule has 0 bridgehead atoms. The van der Waals surface area contributed by atoms with Crippen LogP contribution in [0.2, 0.25) is 0 Å². The molecule has 2 aliphatic rings. The summed E-state index contributed by atoms with van der Waals surface area (Å²) in [5.74, 6) is -0.0504. The van der Waals surface area contributed by atoms with Crippen molar-refractivity contribution in [3.63, 3.8) is 0 Å². The third kappa shape index (κ3) is 4.26. The number of aromatic amines is 1. The monoisotopic (exact) mass is 402 g/mol. The van der Waals surface area contributed by atoms with Gasteiger partial charge in [-0.2, -0.15) is 4.57 Å². The highest BCUT2D eigenvalue weighted by Gasteiger charge is 2.35. The number of fused-ring (bicyclic) bond motifs is 1. The fraction of sp³-hybridized carbons (Fsp3) is 0.667. The topological polar surface area (TPSA) is 103 Å². The standard InChI is InChI=1S/C21H31N5O3/c1-21(2,3)12-25-16-11-15(22-13-7-5-4-6-8-13)24-26(16)20(29)17(19(25)28)18(27)23-14-9-10-14/h11,13-14H,4-10,12H2,1-3H3,(H3,22,23,24,27,28,29)/p+1. The SMILES string of the molecule is CC(C)(C)C[n+]1c(O)c(C(=O)NC2CC2)c(=O)n2[nH]c(NC3CCCCC3)cc21. The predicted molar refractivity (Wildman–Crippen MR) is 110 cm³/mol. The molecule has 2 saturated carbocycles. The lowest BCUT2D eigenvalue weighted by Gasteiger charge is -2.22. The fourth-order valence-corrected chi connectivity index (χ4v) is 4.06. The lowest BCUT2D eigenvalue weighted by molar-refractivity contribution is -0.692. The quantitative estimate of drug-likeness (QED) is 0.576. The molecule has 2 fully saturated rings. The maximum atomic E-state index is 13.1. The first-order valence-electron chi connectivity index (χ1n) is 10.7. The second-order valence-electron chi connectivity index (χ2n) is 9.74. The summed E-state index contributed by atoms with van der Waals surface area (Å²) < 4.78 is 3.03. The number of hydrogen-bond donors (Lipinski definition) is 4. The number of hydrogen-bond acceptors (Lipinski definition) is 4. The summed E-state index contributed by atoms with van der Waals surface area (Å²) in [6.07, 6.45) is 7.71. The average molecular weight is 403 g/mol. The highest BCUT2D eigenvalue weighted by atomic mass is 16.3. The van der Waals surface area contributed by atoms with Crippen molar-refractivity contribution in [3.05, 3.63) is 22.0 Å². The van der Waals surface area contributed by atoms with Crippen LogP contribution in [0.5, 0.6) is 5.88 Å². The van der Waals surface area contributed by atoms with Crippen molar-refractivity contribution >= 4 is 17.4 Å². The molecule has 0 spiro atoms. The van der Waals surface area contributed by atoms with Crippen LogP contribution in [0.25, 0.3) is 5.65 Å². The van der Waals surface area contributed by atoms with E-state index in [2.05, 4.69) is 36.5 Å². The third-order valence-electron chi connectivity index (χ3n) is 5.64. The smallest absolute Gasteiger partial charge is 0.378 e. The van der Waals surface area contributed by atoms with Gasteiger partial charge in [0.1, 0.15) is 5.82 Å². The Bertz CT molecular complexity index is 975. The van der Waals surface area contributed by atoms with Crippen LogP contribution < -0.4 is 20.8 Å². The molecule has 0 unspecified atom stereocenters. The zero-order chi connectivity index (χ0) is 20.8. The Hall–Kier alpha value is -2.51. The van der Waals surface area contributed by atoms with Gasteiger partial charge in [0.05, 0.1) is 12.6 Å². The highest BCUT2D eigenvalue weighted by Crippen LogP contribution is 2.24. The molecule has 8 heteroatoms. The lowest BCUT2D eigenvalue weighted by Crippen LogP contribution is -2.47. The number of carbonyl (C=O) groups excluding carboxylic acids is 1. The molecule has 4 rings (SSSR count). The number of aromatic nitrogens is 3. The highest BCUT2D eigenvalue weighted by molar-refractivity contribution is 5.96. The first-order chi connectivity index (χ1) is 13.7. The van der Waals surface area contributed by atoms with Crippen LogP contribution in [0, 0.1) is 5.41 Å². The van der Waals surface area contributed by atoms with Gasteiger partial charge in [-0.3, -0.25) is 4.79 Å². The number of H-pyrrole nitrogens is 1. The van der Waals surface area contributed by atoms with Crippen molar-refractivity contribution in [2.24, 2.45) is 5.41 Å². The maximum Gasteiger partial charge on any atom is 0.378 e. The Morgan fingerprint density at radius 2 is 1.90 bits per heavy atom. The van der Waals surface area contributed by atoms with Gasteiger partial charge in [0, 0.05) is 12.1 Å². The minimum absolute atomic E-state index is 0.102. The molecule has 2 heterocycles. The number of anilines is 1. The van der Waals surface area contributed by atoms with E-state index in [1.165, 1.54) is 23.8 Å².